The minimum Gasteiger partial charge on any atom is -0.307 e. The van der Waals surface area contributed by atoms with Gasteiger partial charge in [-0.25, -0.2) is 4.57 Å². The number of fused-ring (bicyclic) bond motifs is 5. The zero-order valence-corrected chi connectivity index (χ0v) is 24.1. The van der Waals surface area contributed by atoms with Gasteiger partial charge in [-0.2, -0.15) is 0 Å². The van der Waals surface area contributed by atoms with Gasteiger partial charge >= 0.3 is 0 Å². The van der Waals surface area contributed by atoms with Gasteiger partial charge in [-0.3, -0.25) is 0 Å². The molecule has 10 rings (SSSR count). The zero-order valence-electron chi connectivity index (χ0n) is 24.1. The summed E-state index contributed by atoms with van der Waals surface area (Å²) in [5.41, 5.74) is 10.4. The maximum Gasteiger partial charge on any atom is 0.224 e. The lowest BCUT2D eigenvalue weighted by Crippen LogP contribution is -2.48. The van der Waals surface area contributed by atoms with E-state index in [2.05, 4.69) is 98.4 Å². The van der Waals surface area contributed by atoms with Crippen LogP contribution in [0, 0.1) is 24.7 Å². The molecule has 2 heteroatoms. The van der Waals surface area contributed by atoms with Gasteiger partial charge in [0.15, 0.2) is 6.20 Å². The number of nitrogens with zero attached hydrogens (tertiary/aromatic N) is 2. The summed E-state index contributed by atoms with van der Waals surface area (Å²) >= 11 is 0. The highest BCUT2D eigenvalue weighted by atomic mass is 15.0. The molecular formula is C37H39N2+. The van der Waals surface area contributed by atoms with Gasteiger partial charge in [-0.15, -0.1) is 0 Å². The highest BCUT2D eigenvalue weighted by Crippen LogP contribution is 2.61. The number of rotatable bonds is 1. The Kier molecular flexibility index (Phi) is 4.15. The summed E-state index contributed by atoms with van der Waals surface area (Å²) in [6, 6.07) is 19.6. The minimum absolute atomic E-state index is 0.110. The fourth-order valence-corrected chi connectivity index (χ4v) is 9.95. The van der Waals surface area contributed by atoms with Crippen LogP contribution in [-0.2, 0) is 17.9 Å². The smallest absolute Gasteiger partial charge is 0.224 e. The maximum absolute atomic E-state index is 2.67. The lowest BCUT2D eigenvalue weighted by molar-refractivity contribution is -0.643. The molecule has 39 heavy (non-hydrogen) atoms. The third-order valence-corrected chi connectivity index (χ3v) is 11.3. The fourth-order valence-electron chi connectivity index (χ4n) is 9.95. The Labute approximate surface area is 231 Å². The summed E-state index contributed by atoms with van der Waals surface area (Å²) in [6.07, 6.45) is 11.0. The van der Waals surface area contributed by atoms with Crippen molar-refractivity contribution in [2.75, 3.05) is 0 Å². The van der Waals surface area contributed by atoms with Crippen molar-refractivity contribution in [1.29, 1.82) is 0 Å². The van der Waals surface area contributed by atoms with Crippen LogP contribution in [0.2, 0.25) is 0 Å². The molecule has 0 saturated heterocycles. The topological polar surface area (TPSA) is 8.29 Å². The number of hydrogen-bond donors (Lipinski definition) is 0. The average Bonchev–Trinajstić information content (AvgIpc) is 3.22. The Bertz CT molecular complexity index is 1960. The van der Waals surface area contributed by atoms with Gasteiger partial charge in [0, 0.05) is 16.8 Å². The van der Waals surface area contributed by atoms with Crippen LogP contribution in [0.4, 0.5) is 0 Å². The molecule has 196 valence electrons. The lowest BCUT2D eigenvalue weighted by atomic mass is 9.48. The number of hydrogen-bond acceptors (Lipinski definition) is 0. The molecule has 2 nitrogen and oxygen atoms in total. The van der Waals surface area contributed by atoms with E-state index in [1.807, 2.05) is 0 Å². The average molecular weight is 512 g/mol. The van der Waals surface area contributed by atoms with Crippen molar-refractivity contribution in [3.05, 3.63) is 71.4 Å². The first kappa shape index (κ1) is 22.7. The molecule has 4 bridgehead atoms. The predicted molar refractivity (Wildman–Crippen MR) is 163 cm³/mol. The third-order valence-electron chi connectivity index (χ3n) is 11.3. The molecule has 4 saturated carbocycles. The van der Waals surface area contributed by atoms with Gasteiger partial charge in [-0.05, 0) is 114 Å². The Morgan fingerprint density at radius 1 is 0.795 bits per heavy atom. The minimum atomic E-state index is 0.110. The lowest BCUT2D eigenvalue weighted by Gasteiger charge is -2.57. The van der Waals surface area contributed by atoms with Crippen molar-refractivity contribution >= 4 is 49.0 Å². The predicted octanol–water partition coefficient (Wildman–Crippen LogP) is 8.89. The van der Waals surface area contributed by atoms with Crippen LogP contribution in [-0.4, -0.2) is 4.40 Å². The van der Waals surface area contributed by atoms with Crippen LogP contribution in [0.1, 0.15) is 76.0 Å². The van der Waals surface area contributed by atoms with Crippen molar-refractivity contribution in [3.8, 4) is 0 Å². The summed E-state index contributed by atoms with van der Waals surface area (Å²) in [5, 5.41) is 7.01. The van der Waals surface area contributed by atoms with Crippen molar-refractivity contribution in [2.24, 2.45) is 24.8 Å². The molecule has 0 radical (unpaired) electrons. The Balaban J connectivity index is 1.49. The van der Waals surface area contributed by atoms with E-state index in [1.54, 1.807) is 5.56 Å². The number of aryl methyl sites for hydroxylation is 2. The standard InChI is InChI=1S/C37H39N2/c1-21-6-8-29-28-9-7-26(36(2,3)4)16-30(28)39-31-17-27(37-18-22-12-23(19-37)14-24(13-22)20-37)15-25-10-11-38(5)35(33(25)31)32(21)34(29)39/h6-11,15-17,22-24H,12-14,18-20H2,1-5H3/q+1. The molecule has 6 aromatic rings. The summed E-state index contributed by atoms with van der Waals surface area (Å²) in [6.45, 7) is 9.31. The van der Waals surface area contributed by atoms with Crippen LogP contribution in [0.3, 0.4) is 0 Å². The molecule has 3 aromatic carbocycles. The van der Waals surface area contributed by atoms with E-state index < -0.39 is 0 Å². The maximum atomic E-state index is 2.67. The quantitative estimate of drug-likeness (QED) is 0.118. The molecule has 4 aliphatic rings. The first-order valence-corrected chi connectivity index (χ1v) is 15.3. The molecule has 0 spiro atoms. The summed E-state index contributed by atoms with van der Waals surface area (Å²) in [7, 11) is 2.24. The molecule has 4 fully saturated rings. The van der Waals surface area contributed by atoms with E-state index >= 15 is 0 Å². The number of benzene rings is 3. The molecule has 0 amide bonds. The van der Waals surface area contributed by atoms with Gasteiger partial charge in [0.2, 0.25) is 5.52 Å². The van der Waals surface area contributed by atoms with Crippen LogP contribution < -0.4 is 4.57 Å². The molecule has 0 N–H and O–H groups in total. The van der Waals surface area contributed by atoms with Crippen molar-refractivity contribution in [1.82, 2.24) is 4.40 Å². The molecule has 4 aliphatic carbocycles. The van der Waals surface area contributed by atoms with Crippen molar-refractivity contribution in [2.45, 2.75) is 77.0 Å². The molecule has 0 aliphatic heterocycles. The second-order valence-corrected chi connectivity index (χ2v) is 14.9. The van der Waals surface area contributed by atoms with Crippen LogP contribution in [0.5, 0.6) is 0 Å². The summed E-state index contributed by atoms with van der Waals surface area (Å²) < 4.78 is 5.04. The first-order valence-electron chi connectivity index (χ1n) is 15.3. The summed E-state index contributed by atoms with van der Waals surface area (Å²) in [5.74, 6) is 2.85. The first-order chi connectivity index (χ1) is 18.7. The fraction of sp³-hybridized carbons (Fsp3) is 0.432. The molecule has 3 aromatic heterocycles. The molecule has 3 heterocycles. The number of aromatic nitrogens is 2. The van der Waals surface area contributed by atoms with Gasteiger partial charge in [0.05, 0.1) is 27.3 Å². The van der Waals surface area contributed by atoms with Gasteiger partial charge in [0.1, 0.15) is 7.05 Å². The summed E-state index contributed by atoms with van der Waals surface area (Å²) in [4.78, 5) is 0. The molecule has 0 unspecified atom stereocenters. The van der Waals surface area contributed by atoms with Crippen LogP contribution in [0.25, 0.3) is 49.0 Å². The van der Waals surface area contributed by atoms with Crippen LogP contribution >= 0.6 is 0 Å². The Morgan fingerprint density at radius 2 is 1.49 bits per heavy atom. The van der Waals surface area contributed by atoms with E-state index in [1.165, 1.54) is 98.6 Å². The zero-order chi connectivity index (χ0) is 26.4. The second-order valence-electron chi connectivity index (χ2n) is 14.9. The van der Waals surface area contributed by atoms with E-state index in [-0.39, 0.29) is 5.41 Å². The van der Waals surface area contributed by atoms with Crippen molar-refractivity contribution in [3.63, 3.8) is 0 Å². The van der Waals surface area contributed by atoms with Gasteiger partial charge in [0.25, 0.3) is 0 Å². The second kappa shape index (κ2) is 7.14. The largest absolute Gasteiger partial charge is 0.307 e. The number of pyridine rings is 2. The Hall–Kier alpha value is -3.13. The SMILES string of the molecule is Cc1ccc2c3ccc(C(C)(C)C)cc3n3c4cc(C56CC7CC(CC(C7)C5)C6)cc5cc[n+](C)c(c1c23)c54. The third kappa shape index (κ3) is 2.86. The Morgan fingerprint density at radius 3 is 2.18 bits per heavy atom. The normalized spacial score (nSPS) is 26.8. The van der Waals surface area contributed by atoms with Gasteiger partial charge in [-0.1, -0.05) is 45.0 Å². The molecule has 0 atom stereocenters. The molecular weight excluding hydrogens is 472 g/mol. The van der Waals surface area contributed by atoms with E-state index in [4.69, 9.17) is 0 Å². The monoisotopic (exact) mass is 511 g/mol. The van der Waals surface area contributed by atoms with Gasteiger partial charge < -0.3 is 4.40 Å². The van der Waals surface area contributed by atoms with Crippen LogP contribution in [0.15, 0.2) is 54.7 Å². The van der Waals surface area contributed by atoms with E-state index in [0.717, 1.165) is 17.8 Å². The highest BCUT2D eigenvalue weighted by molar-refractivity contribution is 6.25. The van der Waals surface area contributed by atoms with Crippen molar-refractivity contribution < 1.29 is 4.57 Å². The van der Waals surface area contributed by atoms with E-state index in [0.29, 0.717) is 5.41 Å². The highest BCUT2D eigenvalue weighted by Gasteiger charge is 2.51. The van der Waals surface area contributed by atoms with E-state index in [9.17, 15) is 0 Å².